The van der Waals surface area contributed by atoms with Gasteiger partial charge >= 0.3 is 5.97 Å². The molecule has 0 aromatic heterocycles. The highest BCUT2D eigenvalue weighted by Gasteiger charge is 2.20. The lowest BCUT2D eigenvalue weighted by atomic mass is 10.1. The minimum absolute atomic E-state index is 0.167. The number of carbonyl (C=O) groups is 2. The number of hydrogen-bond donors (Lipinski definition) is 0. The number of rotatable bonds is 8. The maximum atomic E-state index is 12.2. The summed E-state index contributed by atoms with van der Waals surface area (Å²) in [6.45, 7) is 1.45. The van der Waals surface area contributed by atoms with Crippen LogP contribution in [0.3, 0.4) is 0 Å². The summed E-state index contributed by atoms with van der Waals surface area (Å²) in [4.78, 5) is 24.4. The number of hydrogen-bond acceptors (Lipinski definition) is 6. The van der Waals surface area contributed by atoms with Gasteiger partial charge in [-0.05, 0) is 37.3 Å². The van der Waals surface area contributed by atoms with Gasteiger partial charge in [0.15, 0.2) is 5.78 Å². The molecule has 0 N–H and O–H groups in total. The Labute approximate surface area is 180 Å². The van der Waals surface area contributed by atoms with Crippen LogP contribution in [-0.2, 0) is 14.3 Å². The smallest absolute Gasteiger partial charge is 0.341 e. The fourth-order valence-electron chi connectivity index (χ4n) is 2.91. The van der Waals surface area contributed by atoms with Gasteiger partial charge in [0.25, 0.3) is 0 Å². The molecule has 0 spiro atoms. The minimum Gasteiger partial charge on any atom is -0.503 e. The lowest BCUT2D eigenvalue weighted by Crippen LogP contribution is -2.06. The number of ketones is 1. The van der Waals surface area contributed by atoms with E-state index < -0.39 is 5.97 Å². The highest BCUT2D eigenvalue weighted by atomic mass is 16.5. The molecule has 6 nitrogen and oxygen atoms in total. The second-order valence-electron chi connectivity index (χ2n) is 6.49. The quantitative estimate of drug-likeness (QED) is 0.204. The molecule has 0 aliphatic rings. The second kappa shape index (κ2) is 10.1. The first-order valence-corrected chi connectivity index (χ1v) is 9.50. The van der Waals surface area contributed by atoms with Crippen LogP contribution in [0.1, 0.15) is 22.8 Å². The normalized spacial score (nSPS) is 10.9. The van der Waals surface area contributed by atoms with Crippen molar-refractivity contribution in [2.45, 2.75) is 6.92 Å². The van der Waals surface area contributed by atoms with Gasteiger partial charge < -0.3 is 18.9 Å². The highest BCUT2D eigenvalue weighted by molar-refractivity contribution is 6.17. The number of esters is 1. The van der Waals surface area contributed by atoms with E-state index in [1.165, 1.54) is 27.4 Å². The number of carbonyl (C=O) groups excluding carboxylic acids is 2. The molecular formula is C25H22O6. The van der Waals surface area contributed by atoms with Gasteiger partial charge in [0.1, 0.15) is 28.6 Å². The number of ether oxygens (including phenoxy) is 4. The third-order valence-electron chi connectivity index (χ3n) is 4.35. The molecule has 0 fully saturated rings. The maximum absolute atomic E-state index is 12.2. The summed E-state index contributed by atoms with van der Waals surface area (Å²) in [5, 5.41) is 0. The Morgan fingerprint density at radius 1 is 0.742 bits per heavy atom. The lowest BCUT2D eigenvalue weighted by molar-refractivity contribution is -0.133. The first-order valence-electron chi connectivity index (χ1n) is 9.50. The van der Waals surface area contributed by atoms with E-state index in [1.807, 2.05) is 30.3 Å². The molecule has 0 aliphatic carbocycles. The van der Waals surface area contributed by atoms with Gasteiger partial charge in [-0.2, -0.15) is 0 Å². The van der Waals surface area contributed by atoms with E-state index in [1.54, 1.807) is 42.5 Å². The van der Waals surface area contributed by atoms with Crippen LogP contribution in [0.15, 0.2) is 79.1 Å². The molecule has 158 valence electrons. The molecule has 0 radical (unpaired) electrons. The Hall–Kier alpha value is -4.06. The van der Waals surface area contributed by atoms with E-state index in [2.05, 4.69) is 0 Å². The van der Waals surface area contributed by atoms with Crippen molar-refractivity contribution < 1.29 is 28.5 Å². The van der Waals surface area contributed by atoms with Gasteiger partial charge in [-0.1, -0.05) is 36.4 Å². The van der Waals surface area contributed by atoms with Gasteiger partial charge in [-0.15, -0.1) is 0 Å². The predicted molar refractivity (Wildman–Crippen MR) is 116 cm³/mol. The van der Waals surface area contributed by atoms with Crippen molar-refractivity contribution in [2.75, 3.05) is 14.2 Å². The molecule has 0 unspecified atom stereocenters. The Morgan fingerprint density at radius 3 is 2.13 bits per heavy atom. The van der Waals surface area contributed by atoms with Crippen molar-refractivity contribution in [3.63, 3.8) is 0 Å². The maximum Gasteiger partial charge on any atom is 0.341 e. The van der Waals surface area contributed by atoms with Crippen LogP contribution in [0, 0.1) is 0 Å². The largest absolute Gasteiger partial charge is 0.503 e. The van der Waals surface area contributed by atoms with Gasteiger partial charge in [0.05, 0.1) is 26.0 Å². The summed E-state index contributed by atoms with van der Waals surface area (Å²) in [5.74, 6) is 1.07. The zero-order valence-electron chi connectivity index (χ0n) is 17.5. The molecule has 6 heteroatoms. The molecule has 0 heterocycles. The lowest BCUT2D eigenvalue weighted by Gasteiger charge is -2.15. The fraction of sp³-hybridized carbons (Fsp3) is 0.120. The van der Waals surface area contributed by atoms with E-state index in [0.29, 0.717) is 34.1 Å². The Bertz CT molecular complexity index is 1100. The van der Waals surface area contributed by atoms with Gasteiger partial charge in [0.2, 0.25) is 0 Å². The molecule has 3 rings (SSSR count). The molecule has 3 aromatic carbocycles. The summed E-state index contributed by atoms with van der Waals surface area (Å²) < 4.78 is 21.9. The van der Waals surface area contributed by atoms with Crippen LogP contribution in [-0.4, -0.2) is 26.0 Å². The predicted octanol–water partition coefficient (Wildman–Crippen LogP) is 5.63. The van der Waals surface area contributed by atoms with Crippen LogP contribution < -0.4 is 9.47 Å². The van der Waals surface area contributed by atoms with Crippen molar-refractivity contribution >= 4 is 17.3 Å². The standard InChI is InChI=1S/C25H22O6/c1-17(26)20-14-13-19(30-18-9-5-4-6-10-18)15-24(20)31-23-12-8-7-11-21(23)22(16-28-2)25(27)29-3/h4-16H,1-3H3/b22-16+. The molecule has 0 atom stereocenters. The second-order valence-corrected chi connectivity index (χ2v) is 6.49. The summed E-state index contributed by atoms with van der Waals surface area (Å²) in [7, 11) is 2.72. The number of Topliss-reactive ketones (excluding diaryl/α,β-unsaturated/α-hetero) is 1. The topological polar surface area (TPSA) is 71.1 Å². The summed E-state index contributed by atoms with van der Waals surface area (Å²) in [6, 6.07) is 21.2. The van der Waals surface area contributed by atoms with Crippen LogP contribution in [0.2, 0.25) is 0 Å². The average Bonchev–Trinajstić information content (AvgIpc) is 2.78. The van der Waals surface area contributed by atoms with Gasteiger partial charge in [-0.3, -0.25) is 4.79 Å². The van der Waals surface area contributed by atoms with Crippen LogP contribution in [0.4, 0.5) is 0 Å². The number of methoxy groups -OCH3 is 2. The molecule has 0 amide bonds. The van der Waals surface area contributed by atoms with Crippen molar-refractivity contribution in [3.05, 3.63) is 90.2 Å². The first-order chi connectivity index (χ1) is 15.0. The number of para-hydroxylation sites is 2. The van der Waals surface area contributed by atoms with Crippen molar-refractivity contribution in [2.24, 2.45) is 0 Å². The van der Waals surface area contributed by atoms with E-state index in [9.17, 15) is 9.59 Å². The molecule has 31 heavy (non-hydrogen) atoms. The summed E-state index contributed by atoms with van der Waals surface area (Å²) >= 11 is 0. The molecule has 0 saturated carbocycles. The molecular weight excluding hydrogens is 396 g/mol. The monoisotopic (exact) mass is 418 g/mol. The van der Waals surface area contributed by atoms with E-state index in [0.717, 1.165) is 0 Å². The van der Waals surface area contributed by atoms with Crippen LogP contribution in [0.25, 0.3) is 5.57 Å². The zero-order chi connectivity index (χ0) is 22.2. The van der Waals surface area contributed by atoms with Crippen molar-refractivity contribution in [3.8, 4) is 23.0 Å². The molecule has 0 aliphatic heterocycles. The third-order valence-corrected chi connectivity index (χ3v) is 4.35. The van der Waals surface area contributed by atoms with E-state index >= 15 is 0 Å². The van der Waals surface area contributed by atoms with Crippen LogP contribution in [0.5, 0.6) is 23.0 Å². The fourth-order valence-corrected chi connectivity index (χ4v) is 2.91. The van der Waals surface area contributed by atoms with Gasteiger partial charge in [0, 0.05) is 11.6 Å². The Balaban J connectivity index is 2.02. The Morgan fingerprint density at radius 2 is 1.45 bits per heavy atom. The first kappa shape index (κ1) is 21.6. The van der Waals surface area contributed by atoms with Gasteiger partial charge in [-0.25, -0.2) is 4.79 Å². The van der Waals surface area contributed by atoms with Crippen LogP contribution >= 0.6 is 0 Å². The molecule has 0 saturated heterocycles. The highest BCUT2D eigenvalue weighted by Crippen LogP contribution is 2.35. The third kappa shape index (κ3) is 5.30. The summed E-state index contributed by atoms with van der Waals surface area (Å²) in [6.07, 6.45) is 1.29. The molecule has 3 aromatic rings. The van der Waals surface area contributed by atoms with Crippen molar-refractivity contribution in [1.82, 2.24) is 0 Å². The summed E-state index contributed by atoms with van der Waals surface area (Å²) in [5.41, 5.74) is 1.02. The Kier molecular flexibility index (Phi) is 7.06. The van der Waals surface area contributed by atoms with Crippen molar-refractivity contribution in [1.29, 1.82) is 0 Å². The molecule has 0 bridgehead atoms. The van der Waals surface area contributed by atoms with E-state index in [-0.39, 0.29) is 11.4 Å². The zero-order valence-corrected chi connectivity index (χ0v) is 17.5. The SMILES string of the molecule is CO/C=C(/C(=O)OC)c1ccccc1Oc1cc(Oc2ccccc2)ccc1C(C)=O. The average molecular weight is 418 g/mol. The van der Waals surface area contributed by atoms with E-state index in [4.69, 9.17) is 18.9 Å². The minimum atomic E-state index is -0.578. The number of benzene rings is 3.